The molecule has 0 saturated heterocycles. The molecule has 66 valence electrons. The lowest BCUT2D eigenvalue weighted by Crippen LogP contribution is -2.16. The molecule has 0 aliphatic heterocycles. The Kier molecular flexibility index (Phi) is 2.65. The van der Waals surface area contributed by atoms with Crippen molar-refractivity contribution in [3.8, 4) is 0 Å². The molecule has 12 heavy (non-hydrogen) atoms. The number of pyridine rings is 1. The van der Waals surface area contributed by atoms with Crippen LogP contribution in [0.25, 0.3) is 0 Å². The van der Waals surface area contributed by atoms with Gasteiger partial charge < -0.3 is 10.6 Å². The van der Waals surface area contributed by atoms with Crippen molar-refractivity contribution in [2.24, 2.45) is 5.73 Å². The first-order valence-corrected chi connectivity index (χ1v) is 4.00. The fraction of sp³-hybridized carbons (Fsp3) is 0.444. The maximum absolute atomic E-state index is 5.79. The zero-order valence-corrected chi connectivity index (χ0v) is 7.78. The number of aromatic nitrogens is 1. The van der Waals surface area contributed by atoms with E-state index in [0.717, 1.165) is 11.4 Å². The van der Waals surface area contributed by atoms with Crippen LogP contribution in [0, 0.1) is 0 Å². The predicted molar refractivity (Wildman–Crippen MR) is 51.2 cm³/mol. The van der Waals surface area contributed by atoms with Gasteiger partial charge in [0.15, 0.2) is 0 Å². The van der Waals surface area contributed by atoms with Crippen molar-refractivity contribution in [3.63, 3.8) is 0 Å². The lowest BCUT2D eigenvalue weighted by molar-refractivity contribution is 0.804. The van der Waals surface area contributed by atoms with Crippen molar-refractivity contribution in [2.75, 3.05) is 19.0 Å². The molecule has 1 aromatic heterocycles. The SMILES string of the molecule is C[C@@H](N)c1cccnc1N(C)C. The summed E-state index contributed by atoms with van der Waals surface area (Å²) in [5.74, 6) is 0.951. The van der Waals surface area contributed by atoms with Gasteiger partial charge in [-0.15, -0.1) is 0 Å². The van der Waals surface area contributed by atoms with Gasteiger partial charge in [0.2, 0.25) is 0 Å². The molecule has 0 radical (unpaired) electrons. The minimum absolute atomic E-state index is 0.0381. The molecule has 0 unspecified atom stereocenters. The van der Waals surface area contributed by atoms with Gasteiger partial charge in [-0.25, -0.2) is 4.98 Å². The van der Waals surface area contributed by atoms with Gasteiger partial charge in [0.1, 0.15) is 5.82 Å². The van der Waals surface area contributed by atoms with Crippen molar-refractivity contribution < 1.29 is 0 Å². The van der Waals surface area contributed by atoms with Gasteiger partial charge in [0.05, 0.1) is 0 Å². The van der Waals surface area contributed by atoms with E-state index < -0.39 is 0 Å². The van der Waals surface area contributed by atoms with E-state index in [-0.39, 0.29) is 6.04 Å². The number of anilines is 1. The second kappa shape index (κ2) is 3.54. The Morgan fingerprint density at radius 2 is 2.17 bits per heavy atom. The van der Waals surface area contributed by atoms with Crippen LogP contribution in [0.4, 0.5) is 5.82 Å². The molecule has 1 atom stereocenters. The van der Waals surface area contributed by atoms with E-state index in [2.05, 4.69) is 4.98 Å². The summed E-state index contributed by atoms with van der Waals surface area (Å²) in [7, 11) is 3.93. The van der Waals surface area contributed by atoms with Gasteiger partial charge in [0.25, 0.3) is 0 Å². The van der Waals surface area contributed by atoms with Crippen molar-refractivity contribution in [3.05, 3.63) is 23.9 Å². The van der Waals surface area contributed by atoms with Gasteiger partial charge >= 0.3 is 0 Å². The highest BCUT2D eigenvalue weighted by atomic mass is 15.1. The highest BCUT2D eigenvalue weighted by Crippen LogP contribution is 2.19. The number of nitrogens with zero attached hydrogens (tertiary/aromatic N) is 2. The molecule has 2 N–H and O–H groups in total. The van der Waals surface area contributed by atoms with Crippen molar-refractivity contribution in [1.82, 2.24) is 4.98 Å². The highest BCUT2D eigenvalue weighted by molar-refractivity contribution is 5.46. The number of rotatable bonds is 2. The van der Waals surface area contributed by atoms with Crippen molar-refractivity contribution >= 4 is 5.82 Å². The lowest BCUT2D eigenvalue weighted by Gasteiger charge is -2.17. The summed E-state index contributed by atoms with van der Waals surface area (Å²) in [5, 5.41) is 0. The third kappa shape index (κ3) is 1.74. The first-order valence-electron chi connectivity index (χ1n) is 4.00. The average Bonchev–Trinajstić information content (AvgIpc) is 2.04. The van der Waals surface area contributed by atoms with E-state index in [4.69, 9.17) is 5.73 Å². The Morgan fingerprint density at radius 1 is 1.50 bits per heavy atom. The van der Waals surface area contributed by atoms with Crippen LogP contribution in [0.15, 0.2) is 18.3 Å². The normalized spacial score (nSPS) is 12.7. The highest BCUT2D eigenvalue weighted by Gasteiger charge is 2.07. The van der Waals surface area contributed by atoms with Crippen LogP contribution in [-0.2, 0) is 0 Å². The number of hydrogen-bond acceptors (Lipinski definition) is 3. The van der Waals surface area contributed by atoms with E-state index in [1.807, 2.05) is 38.1 Å². The summed E-state index contributed by atoms with van der Waals surface area (Å²) >= 11 is 0. The molecule has 1 heterocycles. The molecule has 0 fully saturated rings. The fourth-order valence-electron chi connectivity index (χ4n) is 1.14. The van der Waals surface area contributed by atoms with Crippen LogP contribution in [0.5, 0.6) is 0 Å². The Balaban J connectivity index is 3.09. The van der Waals surface area contributed by atoms with Crippen LogP contribution < -0.4 is 10.6 Å². The molecule has 0 aliphatic carbocycles. The van der Waals surface area contributed by atoms with Crippen LogP contribution in [-0.4, -0.2) is 19.1 Å². The second-order valence-corrected chi connectivity index (χ2v) is 3.10. The minimum Gasteiger partial charge on any atom is -0.362 e. The zero-order chi connectivity index (χ0) is 9.14. The molecule has 1 aromatic rings. The van der Waals surface area contributed by atoms with Crippen LogP contribution in [0.2, 0.25) is 0 Å². The number of hydrogen-bond donors (Lipinski definition) is 1. The van der Waals surface area contributed by atoms with Crippen LogP contribution in [0.3, 0.4) is 0 Å². The van der Waals surface area contributed by atoms with Gasteiger partial charge in [-0.2, -0.15) is 0 Å². The molecule has 0 spiro atoms. The largest absolute Gasteiger partial charge is 0.362 e. The van der Waals surface area contributed by atoms with E-state index in [1.165, 1.54) is 0 Å². The second-order valence-electron chi connectivity index (χ2n) is 3.10. The maximum atomic E-state index is 5.79. The third-order valence-corrected chi connectivity index (χ3v) is 1.73. The molecule has 3 heteroatoms. The van der Waals surface area contributed by atoms with E-state index in [9.17, 15) is 0 Å². The standard InChI is InChI=1S/C9H15N3/c1-7(10)8-5-4-6-11-9(8)12(2)3/h4-7H,10H2,1-3H3/t7-/m1/s1. The Morgan fingerprint density at radius 3 is 2.58 bits per heavy atom. The monoisotopic (exact) mass is 165 g/mol. The van der Waals surface area contributed by atoms with Gasteiger partial charge in [-0.05, 0) is 13.0 Å². The van der Waals surface area contributed by atoms with Crippen molar-refractivity contribution in [1.29, 1.82) is 0 Å². The predicted octanol–water partition coefficient (Wildman–Crippen LogP) is 1.17. The Labute approximate surface area is 73.2 Å². The smallest absolute Gasteiger partial charge is 0.132 e. The topological polar surface area (TPSA) is 42.1 Å². The minimum atomic E-state index is 0.0381. The molecule has 3 nitrogen and oxygen atoms in total. The first-order chi connectivity index (χ1) is 5.63. The van der Waals surface area contributed by atoms with E-state index >= 15 is 0 Å². The molecule has 0 aromatic carbocycles. The third-order valence-electron chi connectivity index (χ3n) is 1.73. The Bertz CT molecular complexity index is 229. The van der Waals surface area contributed by atoms with Gasteiger partial charge in [-0.3, -0.25) is 0 Å². The van der Waals surface area contributed by atoms with Gasteiger partial charge in [-0.1, -0.05) is 6.07 Å². The summed E-state index contributed by atoms with van der Waals surface area (Å²) in [4.78, 5) is 6.22. The quantitative estimate of drug-likeness (QED) is 0.715. The number of nitrogens with two attached hydrogens (primary N) is 1. The summed E-state index contributed by atoms with van der Waals surface area (Å²) in [6, 6.07) is 3.95. The fourth-order valence-corrected chi connectivity index (χ4v) is 1.14. The Hall–Kier alpha value is -1.09. The molecule has 1 rings (SSSR count). The molecule has 0 amide bonds. The average molecular weight is 165 g/mol. The summed E-state index contributed by atoms with van der Waals surface area (Å²) in [5.41, 5.74) is 6.87. The molecular weight excluding hydrogens is 150 g/mol. The first kappa shape index (κ1) is 9.00. The summed E-state index contributed by atoms with van der Waals surface area (Å²) in [6.45, 7) is 1.96. The molecule has 0 aliphatic rings. The zero-order valence-electron chi connectivity index (χ0n) is 7.78. The van der Waals surface area contributed by atoms with Gasteiger partial charge in [0, 0.05) is 31.9 Å². The molecule has 0 bridgehead atoms. The van der Waals surface area contributed by atoms with Crippen LogP contribution >= 0.6 is 0 Å². The van der Waals surface area contributed by atoms with Crippen molar-refractivity contribution in [2.45, 2.75) is 13.0 Å². The summed E-state index contributed by atoms with van der Waals surface area (Å²) in [6.07, 6.45) is 1.78. The molecular formula is C9H15N3. The molecule has 0 saturated carbocycles. The van der Waals surface area contributed by atoms with Crippen LogP contribution in [0.1, 0.15) is 18.5 Å². The van der Waals surface area contributed by atoms with E-state index in [0.29, 0.717) is 0 Å². The maximum Gasteiger partial charge on any atom is 0.132 e. The van der Waals surface area contributed by atoms with E-state index in [1.54, 1.807) is 6.20 Å². The summed E-state index contributed by atoms with van der Waals surface area (Å²) < 4.78 is 0. The lowest BCUT2D eigenvalue weighted by atomic mass is 10.1.